The lowest BCUT2D eigenvalue weighted by molar-refractivity contribution is 0.0526. The standard InChI is InChI=1S/C31H34O2/c1-4-7-9-16-22-26-27(21-8-5-2)30(31(32)33-6-3)29(25-19-14-11-15-20-25)23-28(26)24-17-12-10-13-18-24/h10-15,17-20,23H,4-9,21H2,1-3H3. The summed E-state index contributed by atoms with van der Waals surface area (Å²) in [4.78, 5) is 13.3. The molecule has 3 aromatic rings. The largest absolute Gasteiger partial charge is 0.462 e. The number of benzene rings is 3. The second-order valence-electron chi connectivity index (χ2n) is 8.16. The molecule has 0 bridgehead atoms. The Morgan fingerprint density at radius 2 is 1.42 bits per heavy atom. The van der Waals surface area contributed by atoms with Gasteiger partial charge in [0.05, 0.1) is 12.2 Å². The number of carbonyl (C=O) groups excluding carboxylic acids is 1. The third kappa shape index (κ3) is 6.14. The topological polar surface area (TPSA) is 26.3 Å². The van der Waals surface area contributed by atoms with Crippen molar-refractivity contribution in [3.8, 4) is 34.1 Å². The summed E-state index contributed by atoms with van der Waals surface area (Å²) >= 11 is 0. The van der Waals surface area contributed by atoms with Gasteiger partial charge in [-0.1, -0.05) is 99.2 Å². The molecule has 2 nitrogen and oxygen atoms in total. The van der Waals surface area contributed by atoms with E-state index < -0.39 is 0 Å². The molecule has 0 saturated heterocycles. The third-order valence-electron chi connectivity index (χ3n) is 5.73. The molecular weight excluding hydrogens is 404 g/mol. The molecule has 0 atom stereocenters. The highest BCUT2D eigenvalue weighted by molar-refractivity contribution is 6.01. The van der Waals surface area contributed by atoms with Gasteiger partial charge in [-0.05, 0) is 60.1 Å². The van der Waals surface area contributed by atoms with E-state index in [0.29, 0.717) is 12.2 Å². The van der Waals surface area contributed by atoms with Crippen LogP contribution in [0.3, 0.4) is 0 Å². The van der Waals surface area contributed by atoms with Gasteiger partial charge in [0.1, 0.15) is 0 Å². The van der Waals surface area contributed by atoms with Gasteiger partial charge in [-0.25, -0.2) is 4.79 Å². The van der Waals surface area contributed by atoms with E-state index in [9.17, 15) is 4.79 Å². The lowest BCUT2D eigenvalue weighted by atomic mass is 9.84. The Labute approximate surface area is 199 Å². The smallest absolute Gasteiger partial charge is 0.339 e. The average Bonchev–Trinajstić information content (AvgIpc) is 2.86. The first-order valence-corrected chi connectivity index (χ1v) is 12.2. The summed E-state index contributed by atoms with van der Waals surface area (Å²) in [6.45, 7) is 6.56. The maximum absolute atomic E-state index is 13.3. The number of hydrogen-bond acceptors (Lipinski definition) is 2. The zero-order valence-corrected chi connectivity index (χ0v) is 20.1. The molecule has 0 amide bonds. The molecule has 3 rings (SSSR count). The molecule has 0 radical (unpaired) electrons. The van der Waals surface area contributed by atoms with Crippen LogP contribution in [0.2, 0.25) is 0 Å². The van der Waals surface area contributed by atoms with Gasteiger partial charge in [-0.2, -0.15) is 0 Å². The van der Waals surface area contributed by atoms with E-state index >= 15 is 0 Å². The Balaban J connectivity index is 2.38. The molecule has 0 spiro atoms. The normalized spacial score (nSPS) is 10.4. The van der Waals surface area contributed by atoms with Crippen LogP contribution in [0, 0.1) is 11.8 Å². The number of unbranched alkanes of at least 4 members (excludes halogenated alkanes) is 3. The van der Waals surface area contributed by atoms with Gasteiger partial charge >= 0.3 is 5.97 Å². The monoisotopic (exact) mass is 438 g/mol. The molecule has 0 saturated carbocycles. The Kier molecular flexibility index (Phi) is 9.33. The number of carbonyl (C=O) groups is 1. The van der Waals surface area contributed by atoms with E-state index in [4.69, 9.17) is 4.74 Å². The molecule has 0 N–H and O–H groups in total. The molecule has 0 aromatic heterocycles. The van der Waals surface area contributed by atoms with Gasteiger partial charge in [-0.15, -0.1) is 0 Å². The maximum Gasteiger partial charge on any atom is 0.339 e. The SMILES string of the molecule is CCCCC#Cc1c(-c2ccccc2)cc(-c2ccccc2)c(C(=O)OCC)c1CCCC. The minimum Gasteiger partial charge on any atom is -0.462 e. The first-order valence-electron chi connectivity index (χ1n) is 12.2. The highest BCUT2D eigenvalue weighted by atomic mass is 16.5. The number of esters is 1. The van der Waals surface area contributed by atoms with Crippen LogP contribution in [0.4, 0.5) is 0 Å². The predicted molar refractivity (Wildman–Crippen MR) is 138 cm³/mol. The van der Waals surface area contributed by atoms with Gasteiger partial charge in [-0.3, -0.25) is 0 Å². The summed E-state index contributed by atoms with van der Waals surface area (Å²) in [5.74, 6) is 6.60. The van der Waals surface area contributed by atoms with Crippen molar-refractivity contribution in [2.75, 3.05) is 6.61 Å². The van der Waals surface area contributed by atoms with E-state index in [1.807, 2.05) is 31.2 Å². The number of ether oxygens (including phenoxy) is 1. The van der Waals surface area contributed by atoms with E-state index in [2.05, 4.69) is 68.2 Å². The second kappa shape index (κ2) is 12.7. The summed E-state index contributed by atoms with van der Waals surface area (Å²) in [6, 6.07) is 22.6. The van der Waals surface area contributed by atoms with Crippen LogP contribution in [0.15, 0.2) is 66.7 Å². The quantitative estimate of drug-likeness (QED) is 0.192. The molecule has 0 fully saturated rings. The van der Waals surface area contributed by atoms with Gasteiger partial charge in [0.15, 0.2) is 0 Å². The molecule has 0 aliphatic carbocycles. The fourth-order valence-electron chi connectivity index (χ4n) is 4.03. The zero-order valence-electron chi connectivity index (χ0n) is 20.1. The van der Waals surface area contributed by atoms with Crippen LogP contribution < -0.4 is 0 Å². The first-order chi connectivity index (χ1) is 16.2. The van der Waals surface area contributed by atoms with E-state index in [-0.39, 0.29) is 5.97 Å². The van der Waals surface area contributed by atoms with Crippen LogP contribution in [0.5, 0.6) is 0 Å². The lowest BCUT2D eigenvalue weighted by Gasteiger charge is -2.20. The Morgan fingerprint density at radius 3 is 2.00 bits per heavy atom. The summed E-state index contributed by atoms with van der Waals surface area (Å²) in [6.07, 6.45) is 5.87. The van der Waals surface area contributed by atoms with Crippen LogP contribution in [-0.4, -0.2) is 12.6 Å². The molecule has 170 valence electrons. The highest BCUT2D eigenvalue weighted by Crippen LogP contribution is 2.37. The lowest BCUT2D eigenvalue weighted by Crippen LogP contribution is -2.13. The minimum atomic E-state index is -0.265. The van der Waals surface area contributed by atoms with Crippen molar-refractivity contribution in [1.82, 2.24) is 0 Å². The zero-order chi connectivity index (χ0) is 23.5. The Bertz CT molecular complexity index is 1100. The van der Waals surface area contributed by atoms with Crippen molar-refractivity contribution in [2.24, 2.45) is 0 Å². The van der Waals surface area contributed by atoms with E-state index in [0.717, 1.165) is 71.9 Å². The van der Waals surface area contributed by atoms with Gasteiger partial charge in [0.2, 0.25) is 0 Å². The maximum atomic E-state index is 13.3. The van der Waals surface area contributed by atoms with Crippen molar-refractivity contribution in [1.29, 1.82) is 0 Å². The van der Waals surface area contributed by atoms with E-state index in [1.54, 1.807) is 0 Å². The average molecular weight is 439 g/mol. The highest BCUT2D eigenvalue weighted by Gasteiger charge is 2.24. The summed E-state index contributed by atoms with van der Waals surface area (Å²) in [7, 11) is 0. The van der Waals surface area contributed by atoms with Crippen LogP contribution >= 0.6 is 0 Å². The summed E-state index contributed by atoms with van der Waals surface area (Å²) < 4.78 is 5.57. The summed E-state index contributed by atoms with van der Waals surface area (Å²) in [5.41, 5.74) is 6.77. The molecule has 2 heteroatoms. The fraction of sp³-hybridized carbons (Fsp3) is 0.323. The fourth-order valence-corrected chi connectivity index (χ4v) is 4.03. The van der Waals surface area contributed by atoms with Crippen molar-refractivity contribution in [3.63, 3.8) is 0 Å². The molecule has 0 aliphatic rings. The molecule has 0 unspecified atom stereocenters. The van der Waals surface area contributed by atoms with E-state index in [1.165, 1.54) is 0 Å². The van der Waals surface area contributed by atoms with Crippen molar-refractivity contribution in [2.45, 2.75) is 59.3 Å². The Hall–Kier alpha value is -3.31. The summed E-state index contributed by atoms with van der Waals surface area (Å²) in [5, 5.41) is 0. The van der Waals surface area contributed by atoms with Gasteiger partial charge in [0, 0.05) is 12.0 Å². The Morgan fingerprint density at radius 1 is 0.818 bits per heavy atom. The van der Waals surface area contributed by atoms with Gasteiger partial charge in [0.25, 0.3) is 0 Å². The number of hydrogen-bond donors (Lipinski definition) is 0. The third-order valence-corrected chi connectivity index (χ3v) is 5.73. The van der Waals surface area contributed by atoms with Crippen LogP contribution in [0.25, 0.3) is 22.3 Å². The van der Waals surface area contributed by atoms with Crippen LogP contribution in [-0.2, 0) is 11.2 Å². The van der Waals surface area contributed by atoms with Gasteiger partial charge < -0.3 is 4.74 Å². The minimum absolute atomic E-state index is 0.265. The van der Waals surface area contributed by atoms with Crippen molar-refractivity contribution in [3.05, 3.63) is 83.4 Å². The molecular formula is C31H34O2. The molecule has 0 aliphatic heterocycles. The number of rotatable bonds is 9. The molecule has 33 heavy (non-hydrogen) atoms. The second-order valence-corrected chi connectivity index (χ2v) is 8.16. The first kappa shape index (κ1) is 24.3. The van der Waals surface area contributed by atoms with Crippen molar-refractivity contribution < 1.29 is 9.53 Å². The molecule has 3 aromatic carbocycles. The van der Waals surface area contributed by atoms with Crippen molar-refractivity contribution >= 4 is 5.97 Å². The van der Waals surface area contributed by atoms with Crippen LogP contribution in [0.1, 0.15) is 74.4 Å². The predicted octanol–water partition coefficient (Wildman–Crippen LogP) is 8.08. The molecule has 0 heterocycles.